The van der Waals surface area contributed by atoms with Crippen LogP contribution in [0.1, 0.15) is 5.56 Å². The summed E-state index contributed by atoms with van der Waals surface area (Å²) in [5.74, 6) is -0.0247. The number of rotatable bonds is 2. The van der Waals surface area contributed by atoms with Crippen molar-refractivity contribution < 1.29 is 9.59 Å². The third kappa shape index (κ3) is 2.21. The highest BCUT2D eigenvalue weighted by Crippen LogP contribution is 2.23. The third-order valence-electron chi connectivity index (χ3n) is 3.28. The highest BCUT2D eigenvalue weighted by Gasteiger charge is 2.24. The van der Waals surface area contributed by atoms with Crippen LogP contribution >= 0.6 is 0 Å². The van der Waals surface area contributed by atoms with Crippen molar-refractivity contribution in [3.8, 4) is 0 Å². The fourth-order valence-electron chi connectivity index (χ4n) is 2.36. The fraction of sp³-hybridized carbons (Fsp3) is 0.214. The molecule has 20 heavy (non-hydrogen) atoms. The number of carbonyl (C=O) groups is 2. The van der Waals surface area contributed by atoms with Crippen LogP contribution in [0.5, 0.6) is 0 Å². The zero-order valence-electron chi connectivity index (χ0n) is 10.8. The van der Waals surface area contributed by atoms with Crippen molar-refractivity contribution in [1.82, 2.24) is 10.3 Å². The number of pyridine rings is 1. The van der Waals surface area contributed by atoms with E-state index in [9.17, 15) is 9.59 Å². The van der Waals surface area contributed by atoms with Gasteiger partial charge in [0.25, 0.3) is 0 Å². The topological polar surface area (TPSA) is 88.3 Å². The van der Waals surface area contributed by atoms with Crippen molar-refractivity contribution in [2.75, 3.05) is 18.0 Å². The molecule has 1 aliphatic rings. The molecule has 0 spiro atoms. The minimum atomic E-state index is -0.314. The van der Waals surface area contributed by atoms with Crippen molar-refractivity contribution in [3.63, 3.8) is 0 Å². The van der Waals surface area contributed by atoms with Gasteiger partial charge in [-0.2, -0.15) is 0 Å². The molecule has 3 rings (SSSR count). The first-order valence-electron chi connectivity index (χ1n) is 6.34. The molecule has 2 aromatic rings. The first kappa shape index (κ1) is 12.6. The summed E-state index contributed by atoms with van der Waals surface area (Å²) >= 11 is 0. The molecule has 2 heterocycles. The zero-order valence-corrected chi connectivity index (χ0v) is 10.8. The molecule has 1 aromatic carbocycles. The molecule has 1 saturated heterocycles. The van der Waals surface area contributed by atoms with Crippen LogP contribution in [0.2, 0.25) is 0 Å². The molecule has 0 bridgehead atoms. The average molecular weight is 270 g/mol. The molecule has 102 valence electrons. The highest BCUT2D eigenvalue weighted by molar-refractivity contribution is 6.02. The number of carbonyl (C=O) groups excluding carboxylic acids is 2. The molecule has 2 amide bonds. The van der Waals surface area contributed by atoms with Gasteiger partial charge in [-0.3, -0.25) is 14.9 Å². The Morgan fingerprint density at radius 1 is 1.20 bits per heavy atom. The number of imide groups is 1. The summed E-state index contributed by atoms with van der Waals surface area (Å²) in [6, 6.07) is 9.52. The van der Waals surface area contributed by atoms with Gasteiger partial charge in [0.05, 0.1) is 18.6 Å². The van der Waals surface area contributed by atoms with Crippen LogP contribution in [-0.4, -0.2) is 29.9 Å². The SMILES string of the molecule is NCc1cc(N2CC(=O)NC(=O)C2)nc2ccccc12. The summed E-state index contributed by atoms with van der Waals surface area (Å²) in [6.45, 7) is 0.631. The number of aromatic nitrogens is 1. The molecular formula is C14H14N4O2. The van der Waals surface area contributed by atoms with Gasteiger partial charge in [0.15, 0.2) is 0 Å². The van der Waals surface area contributed by atoms with Gasteiger partial charge in [0.1, 0.15) is 5.82 Å². The second-order valence-corrected chi connectivity index (χ2v) is 4.69. The largest absolute Gasteiger partial charge is 0.338 e. The van der Waals surface area contributed by atoms with Gasteiger partial charge in [0.2, 0.25) is 11.8 Å². The Kier molecular flexibility index (Phi) is 3.08. The van der Waals surface area contributed by atoms with Gasteiger partial charge in [0, 0.05) is 11.9 Å². The summed E-state index contributed by atoms with van der Waals surface area (Å²) in [5.41, 5.74) is 7.53. The molecule has 6 heteroatoms. The summed E-state index contributed by atoms with van der Waals surface area (Å²) < 4.78 is 0. The van der Waals surface area contributed by atoms with Crippen LogP contribution in [0.3, 0.4) is 0 Å². The number of nitrogens with one attached hydrogen (secondary N) is 1. The Balaban J connectivity index is 2.07. The highest BCUT2D eigenvalue weighted by atomic mass is 16.2. The van der Waals surface area contributed by atoms with E-state index in [-0.39, 0.29) is 24.9 Å². The smallest absolute Gasteiger partial charge is 0.246 e. The standard InChI is InChI=1S/C14H14N4O2/c15-6-9-5-12(16-11-4-2-1-3-10(9)11)18-7-13(19)17-14(20)8-18/h1-5H,6-8,15H2,(H,17,19,20). The van der Waals surface area contributed by atoms with Gasteiger partial charge in [-0.15, -0.1) is 0 Å². The van der Waals surface area contributed by atoms with Crippen molar-refractivity contribution in [2.24, 2.45) is 5.73 Å². The van der Waals surface area contributed by atoms with Gasteiger partial charge in [-0.05, 0) is 17.7 Å². The van der Waals surface area contributed by atoms with Crippen molar-refractivity contribution in [1.29, 1.82) is 0 Å². The Morgan fingerprint density at radius 3 is 2.60 bits per heavy atom. The van der Waals surface area contributed by atoms with Crippen LogP contribution in [0, 0.1) is 0 Å². The van der Waals surface area contributed by atoms with Gasteiger partial charge in [-0.1, -0.05) is 18.2 Å². The Morgan fingerprint density at radius 2 is 1.90 bits per heavy atom. The predicted octanol–water partition coefficient (Wildman–Crippen LogP) is 0.156. The van der Waals surface area contributed by atoms with Gasteiger partial charge in [-0.25, -0.2) is 4.98 Å². The number of benzene rings is 1. The van der Waals surface area contributed by atoms with E-state index in [2.05, 4.69) is 10.3 Å². The number of nitrogens with zero attached hydrogens (tertiary/aromatic N) is 2. The number of para-hydroxylation sites is 1. The first-order chi connectivity index (χ1) is 9.67. The van der Waals surface area contributed by atoms with E-state index in [1.165, 1.54) is 0 Å². The molecule has 3 N–H and O–H groups in total. The lowest BCUT2D eigenvalue weighted by Crippen LogP contribution is -2.51. The maximum Gasteiger partial charge on any atom is 0.246 e. The number of fused-ring (bicyclic) bond motifs is 1. The van der Waals surface area contributed by atoms with Crippen molar-refractivity contribution in [2.45, 2.75) is 6.54 Å². The Hall–Kier alpha value is -2.47. The molecule has 0 unspecified atom stereocenters. The summed E-state index contributed by atoms with van der Waals surface area (Å²) in [7, 11) is 0. The number of anilines is 1. The maximum absolute atomic E-state index is 11.4. The fourth-order valence-corrected chi connectivity index (χ4v) is 2.36. The number of hydrogen-bond donors (Lipinski definition) is 2. The summed E-state index contributed by atoms with van der Waals surface area (Å²) in [6.07, 6.45) is 0. The van der Waals surface area contributed by atoms with Crippen LogP contribution in [-0.2, 0) is 16.1 Å². The predicted molar refractivity (Wildman–Crippen MR) is 75.0 cm³/mol. The molecule has 0 aliphatic carbocycles. The second kappa shape index (κ2) is 4.90. The van der Waals surface area contributed by atoms with E-state index < -0.39 is 0 Å². The quantitative estimate of drug-likeness (QED) is 0.759. The minimum Gasteiger partial charge on any atom is -0.338 e. The molecule has 1 aromatic heterocycles. The lowest BCUT2D eigenvalue weighted by atomic mass is 10.1. The summed E-state index contributed by atoms with van der Waals surface area (Å²) in [5, 5.41) is 3.26. The molecule has 0 saturated carbocycles. The van der Waals surface area contributed by atoms with Crippen molar-refractivity contribution in [3.05, 3.63) is 35.9 Å². The van der Waals surface area contributed by atoms with E-state index >= 15 is 0 Å². The maximum atomic E-state index is 11.4. The van der Waals surface area contributed by atoms with Crippen molar-refractivity contribution >= 4 is 28.5 Å². The van der Waals surface area contributed by atoms with E-state index in [1.54, 1.807) is 4.90 Å². The number of hydrogen-bond acceptors (Lipinski definition) is 5. The van der Waals surface area contributed by atoms with Gasteiger partial charge >= 0.3 is 0 Å². The van der Waals surface area contributed by atoms with Crippen LogP contribution in [0.15, 0.2) is 30.3 Å². The van der Waals surface area contributed by atoms with E-state index in [0.717, 1.165) is 16.5 Å². The molecule has 1 aliphatic heterocycles. The second-order valence-electron chi connectivity index (χ2n) is 4.69. The lowest BCUT2D eigenvalue weighted by Gasteiger charge is -2.27. The normalized spacial score (nSPS) is 15.6. The molecule has 0 radical (unpaired) electrons. The minimum absolute atomic E-state index is 0.126. The van der Waals surface area contributed by atoms with Crippen LogP contribution in [0.4, 0.5) is 5.82 Å². The first-order valence-corrected chi connectivity index (χ1v) is 6.34. The monoisotopic (exact) mass is 270 g/mol. The average Bonchev–Trinajstić information content (AvgIpc) is 2.45. The van der Waals surface area contributed by atoms with Crippen LogP contribution in [0.25, 0.3) is 10.9 Å². The Bertz CT molecular complexity index is 683. The molecule has 1 fully saturated rings. The van der Waals surface area contributed by atoms with E-state index in [4.69, 9.17) is 5.73 Å². The number of piperazine rings is 1. The summed E-state index contributed by atoms with van der Waals surface area (Å²) in [4.78, 5) is 29.1. The van der Waals surface area contributed by atoms with Gasteiger partial charge < -0.3 is 10.6 Å². The molecule has 0 atom stereocenters. The molecular weight excluding hydrogens is 256 g/mol. The molecule has 6 nitrogen and oxygen atoms in total. The zero-order chi connectivity index (χ0) is 14.1. The van der Waals surface area contributed by atoms with E-state index in [1.807, 2.05) is 30.3 Å². The third-order valence-corrected chi connectivity index (χ3v) is 3.28. The number of amides is 2. The van der Waals surface area contributed by atoms with E-state index in [0.29, 0.717) is 12.4 Å². The number of nitrogens with two attached hydrogens (primary N) is 1. The lowest BCUT2D eigenvalue weighted by molar-refractivity contribution is -0.130. The Labute approximate surface area is 115 Å². The van der Waals surface area contributed by atoms with Crippen LogP contribution < -0.4 is 16.0 Å².